The minimum absolute atomic E-state index is 0.149. The second-order valence-corrected chi connectivity index (χ2v) is 7.66. The van der Waals surface area contributed by atoms with Crippen LogP contribution < -0.4 is 4.74 Å². The number of rotatable bonds is 4. The van der Waals surface area contributed by atoms with Crippen molar-refractivity contribution in [3.8, 4) is 5.75 Å². The van der Waals surface area contributed by atoms with E-state index in [4.69, 9.17) is 4.74 Å². The summed E-state index contributed by atoms with van der Waals surface area (Å²) in [6, 6.07) is 6.42. The van der Waals surface area contributed by atoms with Crippen LogP contribution in [0.5, 0.6) is 5.75 Å². The molecular weight excluding hydrogens is 322 g/mol. The van der Waals surface area contributed by atoms with Crippen LogP contribution in [0.3, 0.4) is 0 Å². The van der Waals surface area contributed by atoms with Gasteiger partial charge in [-0.25, -0.2) is 0 Å². The zero-order valence-corrected chi connectivity index (χ0v) is 15.9. The molecule has 0 radical (unpaired) electrons. The third kappa shape index (κ3) is 3.05. The maximum absolute atomic E-state index is 6.37. The van der Waals surface area contributed by atoms with Gasteiger partial charge in [0.1, 0.15) is 11.9 Å². The van der Waals surface area contributed by atoms with Gasteiger partial charge in [0.25, 0.3) is 0 Å². The fourth-order valence-electron chi connectivity index (χ4n) is 3.83. The molecule has 4 heteroatoms. The number of benzene rings is 1. The minimum atomic E-state index is 0.149. The average molecular weight is 347 g/mol. The van der Waals surface area contributed by atoms with E-state index in [1.54, 1.807) is 0 Å². The van der Waals surface area contributed by atoms with Crippen LogP contribution in [-0.4, -0.2) is 21.1 Å². The number of ether oxygens (including phenoxy) is 1. The van der Waals surface area contributed by atoms with Gasteiger partial charge in [-0.05, 0) is 42.5 Å². The third-order valence-corrected chi connectivity index (χ3v) is 5.26. The highest BCUT2D eigenvalue weighted by Gasteiger charge is 2.26. The summed E-state index contributed by atoms with van der Waals surface area (Å²) in [5.41, 5.74) is 5.69. The zero-order valence-electron chi connectivity index (χ0n) is 15.9. The molecule has 0 N–H and O–H groups in total. The first-order valence-electron chi connectivity index (χ1n) is 9.38. The van der Waals surface area contributed by atoms with E-state index in [0.29, 0.717) is 11.8 Å². The van der Waals surface area contributed by atoms with Crippen LogP contribution in [0.25, 0.3) is 10.9 Å². The summed E-state index contributed by atoms with van der Waals surface area (Å²) in [7, 11) is 0. The van der Waals surface area contributed by atoms with Crippen molar-refractivity contribution in [3.63, 3.8) is 0 Å². The van der Waals surface area contributed by atoms with Crippen molar-refractivity contribution < 1.29 is 4.74 Å². The fraction of sp³-hybridized carbons (Fsp3) is 0.409. The van der Waals surface area contributed by atoms with Crippen LogP contribution in [0.2, 0.25) is 0 Å². The summed E-state index contributed by atoms with van der Waals surface area (Å²) in [5, 5.41) is 1.19. The van der Waals surface area contributed by atoms with E-state index < -0.39 is 0 Å². The first-order chi connectivity index (χ1) is 12.5. The number of aromatic nitrogens is 3. The van der Waals surface area contributed by atoms with Crippen molar-refractivity contribution >= 4 is 10.9 Å². The molecule has 2 aromatic heterocycles. The largest absolute Gasteiger partial charge is 0.489 e. The molecule has 0 saturated carbocycles. The molecule has 3 aromatic rings. The summed E-state index contributed by atoms with van der Waals surface area (Å²) < 4.78 is 6.37. The molecule has 2 unspecified atom stereocenters. The predicted octanol–water partition coefficient (Wildman–Crippen LogP) is 4.95. The number of hydrogen-bond acceptors (Lipinski definition) is 4. The van der Waals surface area contributed by atoms with Crippen molar-refractivity contribution in [1.82, 2.24) is 15.0 Å². The summed E-state index contributed by atoms with van der Waals surface area (Å²) in [4.78, 5) is 13.6. The van der Waals surface area contributed by atoms with Crippen LogP contribution in [0.15, 0.2) is 36.8 Å². The maximum Gasteiger partial charge on any atom is 0.129 e. The van der Waals surface area contributed by atoms with Crippen molar-refractivity contribution in [2.24, 2.45) is 0 Å². The molecule has 1 aliphatic rings. The van der Waals surface area contributed by atoms with Crippen molar-refractivity contribution in [1.29, 1.82) is 0 Å². The highest BCUT2D eigenvalue weighted by molar-refractivity contribution is 5.91. The summed E-state index contributed by atoms with van der Waals surface area (Å²) >= 11 is 0. The van der Waals surface area contributed by atoms with E-state index in [1.807, 2.05) is 25.5 Å². The lowest BCUT2D eigenvalue weighted by molar-refractivity contribution is 0.179. The molecule has 4 rings (SSSR count). The first-order valence-corrected chi connectivity index (χ1v) is 9.38. The number of aryl methyl sites for hydroxylation is 1. The van der Waals surface area contributed by atoms with Gasteiger partial charge in [0.05, 0.1) is 16.9 Å². The lowest BCUT2D eigenvalue weighted by Gasteiger charge is -2.29. The molecule has 26 heavy (non-hydrogen) atoms. The first kappa shape index (κ1) is 17.0. The Balaban J connectivity index is 1.61. The molecule has 2 atom stereocenters. The Labute approximate surface area is 154 Å². The second kappa shape index (κ2) is 6.67. The van der Waals surface area contributed by atoms with Gasteiger partial charge in [0.2, 0.25) is 0 Å². The van der Waals surface area contributed by atoms with Gasteiger partial charge in [0, 0.05) is 36.3 Å². The van der Waals surface area contributed by atoms with Gasteiger partial charge >= 0.3 is 0 Å². The Hall–Kier alpha value is -2.49. The molecule has 3 heterocycles. The van der Waals surface area contributed by atoms with E-state index in [9.17, 15) is 0 Å². The van der Waals surface area contributed by atoms with Gasteiger partial charge in [-0.2, -0.15) is 0 Å². The van der Waals surface area contributed by atoms with Crippen LogP contribution in [-0.2, 0) is 6.42 Å². The topological polar surface area (TPSA) is 47.9 Å². The summed E-state index contributed by atoms with van der Waals surface area (Å²) in [5.74, 6) is 1.72. The lowest BCUT2D eigenvalue weighted by Crippen LogP contribution is -2.25. The Morgan fingerprint density at radius 3 is 2.65 bits per heavy atom. The lowest BCUT2D eigenvalue weighted by atomic mass is 9.90. The normalized spacial score (nSPS) is 17.3. The van der Waals surface area contributed by atoms with Crippen LogP contribution in [0, 0.1) is 6.92 Å². The second-order valence-electron chi connectivity index (χ2n) is 7.66. The van der Waals surface area contributed by atoms with Gasteiger partial charge in [0.15, 0.2) is 0 Å². The molecule has 0 bridgehead atoms. The molecule has 4 nitrogen and oxygen atoms in total. The Kier molecular flexibility index (Phi) is 4.35. The van der Waals surface area contributed by atoms with Gasteiger partial charge in [-0.15, -0.1) is 0 Å². The number of hydrogen-bond donors (Lipinski definition) is 0. The molecule has 0 saturated heterocycles. The quantitative estimate of drug-likeness (QED) is 0.670. The van der Waals surface area contributed by atoms with E-state index in [-0.39, 0.29) is 6.10 Å². The van der Waals surface area contributed by atoms with Gasteiger partial charge < -0.3 is 4.74 Å². The monoisotopic (exact) mass is 347 g/mol. The summed E-state index contributed by atoms with van der Waals surface area (Å²) in [6.07, 6.45) is 7.64. The van der Waals surface area contributed by atoms with E-state index in [2.05, 4.69) is 53.9 Å². The Morgan fingerprint density at radius 1 is 1.08 bits per heavy atom. The van der Waals surface area contributed by atoms with Gasteiger partial charge in [-0.1, -0.05) is 26.8 Å². The fourth-order valence-corrected chi connectivity index (χ4v) is 3.83. The zero-order chi connectivity index (χ0) is 18.3. The number of pyridine rings is 1. The SMILES string of the molecule is Cc1cnc(C(C)CC2Cc3ccnc4c(C(C)C)ccc(c34)O2)cn1. The molecule has 1 aliphatic heterocycles. The standard InChI is InChI=1S/C22H25N3O/c1-13(2)18-5-6-20-21-16(7-8-23-22(18)21)10-17(26-20)9-14(3)19-12-24-15(4)11-25-19/h5-8,11-14,17H,9-10H2,1-4H3. The molecular formula is C22H25N3O. The highest BCUT2D eigenvalue weighted by Crippen LogP contribution is 2.39. The van der Waals surface area contributed by atoms with Crippen molar-refractivity contribution in [3.05, 3.63) is 59.3 Å². The number of nitrogens with zero attached hydrogens (tertiary/aromatic N) is 3. The van der Waals surface area contributed by atoms with Gasteiger partial charge in [-0.3, -0.25) is 15.0 Å². The molecule has 0 spiro atoms. The summed E-state index contributed by atoms with van der Waals surface area (Å²) in [6.45, 7) is 8.58. The van der Waals surface area contributed by atoms with Crippen LogP contribution >= 0.6 is 0 Å². The smallest absolute Gasteiger partial charge is 0.129 e. The minimum Gasteiger partial charge on any atom is -0.489 e. The van der Waals surface area contributed by atoms with E-state index >= 15 is 0 Å². The van der Waals surface area contributed by atoms with Crippen molar-refractivity contribution in [2.45, 2.75) is 58.5 Å². The average Bonchev–Trinajstić information content (AvgIpc) is 2.62. The van der Waals surface area contributed by atoms with E-state index in [1.165, 1.54) is 16.5 Å². The van der Waals surface area contributed by atoms with Crippen LogP contribution in [0.1, 0.15) is 61.5 Å². The predicted molar refractivity (Wildman–Crippen MR) is 104 cm³/mol. The molecule has 1 aromatic carbocycles. The third-order valence-electron chi connectivity index (χ3n) is 5.26. The molecule has 0 amide bonds. The molecule has 0 fully saturated rings. The molecule has 0 aliphatic carbocycles. The van der Waals surface area contributed by atoms with Crippen molar-refractivity contribution in [2.75, 3.05) is 0 Å². The molecule has 134 valence electrons. The highest BCUT2D eigenvalue weighted by atomic mass is 16.5. The Morgan fingerprint density at radius 2 is 1.92 bits per heavy atom. The van der Waals surface area contributed by atoms with E-state index in [0.717, 1.165) is 35.5 Å². The maximum atomic E-state index is 6.37. The Bertz CT molecular complexity index is 922. The van der Waals surface area contributed by atoms with Crippen LogP contribution in [0.4, 0.5) is 0 Å².